The van der Waals surface area contributed by atoms with Crippen molar-refractivity contribution >= 4 is 28.3 Å². The minimum Gasteiger partial charge on any atom is -0.480 e. The number of hydrogen-bond donors (Lipinski definition) is 3. The Bertz CT molecular complexity index is 417. The second-order valence-corrected chi connectivity index (χ2v) is 4.95. The highest BCUT2D eigenvalue weighted by atomic mass is 32.1. The van der Waals surface area contributed by atoms with Gasteiger partial charge in [-0.2, -0.15) is 0 Å². The Morgan fingerprint density at radius 1 is 1.59 bits per heavy atom. The lowest BCUT2D eigenvalue weighted by Gasteiger charge is -2.15. The van der Waals surface area contributed by atoms with Gasteiger partial charge in [0.25, 0.3) is 5.91 Å². The quantitative estimate of drug-likeness (QED) is 0.728. The standard InChI is InChI=1S/C10H15N3O3S/c1-5(2)3-6(9(15)16)12-8(14)7-4-17-10(11)13-7/h4-6H,3H2,1-2H3,(H2,11,13)(H,12,14)(H,15,16). The summed E-state index contributed by atoms with van der Waals surface area (Å²) in [5.41, 5.74) is 5.55. The van der Waals surface area contributed by atoms with Crippen molar-refractivity contribution in [1.29, 1.82) is 0 Å². The predicted octanol–water partition coefficient (Wildman–Crippen LogP) is 0.954. The molecule has 4 N–H and O–H groups in total. The number of aliphatic carboxylic acids is 1. The molecule has 1 aromatic rings. The first-order valence-electron chi connectivity index (χ1n) is 5.14. The Hall–Kier alpha value is -1.63. The van der Waals surface area contributed by atoms with Crippen molar-refractivity contribution in [2.45, 2.75) is 26.3 Å². The summed E-state index contributed by atoms with van der Waals surface area (Å²) < 4.78 is 0. The predicted molar refractivity (Wildman–Crippen MR) is 64.9 cm³/mol. The van der Waals surface area contributed by atoms with Gasteiger partial charge in [-0.1, -0.05) is 13.8 Å². The third-order valence-electron chi connectivity index (χ3n) is 2.07. The van der Waals surface area contributed by atoms with E-state index in [4.69, 9.17) is 10.8 Å². The number of carbonyl (C=O) groups excluding carboxylic acids is 1. The number of nitrogens with one attached hydrogen (secondary N) is 1. The van der Waals surface area contributed by atoms with Crippen molar-refractivity contribution < 1.29 is 14.7 Å². The lowest BCUT2D eigenvalue weighted by Crippen LogP contribution is -2.41. The van der Waals surface area contributed by atoms with Gasteiger partial charge in [-0.05, 0) is 12.3 Å². The molecule has 0 aliphatic rings. The largest absolute Gasteiger partial charge is 0.480 e. The first-order chi connectivity index (χ1) is 7.90. The zero-order valence-corrected chi connectivity index (χ0v) is 10.5. The van der Waals surface area contributed by atoms with E-state index in [0.717, 1.165) is 11.3 Å². The number of aromatic nitrogens is 1. The second kappa shape index (κ2) is 5.62. The zero-order valence-electron chi connectivity index (χ0n) is 9.64. The lowest BCUT2D eigenvalue weighted by atomic mass is 10.0. The van der Waals surface area contributed by atoms with Crippen molar-refractivity contribution in [3.8, 4) is 0 Å². The second-order valence-electron chi connectivity index (χ2n) is 4.06. The molecule has 0 aliphatic heterocycles. The molecule has 0 aromatic carbocycles. The minimum absolute atomic E-state index is 0.155. The van der Waals surface area contributed by atoms with Crippen molar-refractivity contribution in [3.63, 3.8) is 0 Å². The summed E-state index contributed by atoms with van der Waals surface area (Å²) in [6, 6.07) is -0.898. The average Bonchev–Trinajstić information content (AvgIpc) is 2.63. The third-order valence-corrected chi connectivity index (χ3v) is 2.74. The Kier molecular flexibility index (Phi) is 4.45. The van der Waals surface area contributed by atoms with Crippen LogP contribution in [0.15, 0.2) is 5.38 Å². The van der Waals surface area contributed by atoms with E-state index < -0.39 is 17.9 Å². The van der Waals surface area contributed by atoms with Crippen LogP contribution < -0.4 is 11.1 Å². The van der Waals surface area contributed by atoms with E-state index in [0.29, 0.717) is 6.42 Å². The molecule has 0 saturated carbocycles. The highest BCUT2D eigenvalue weighted by molar-refractivity contribution is 7.13. The van der Waals surface area contributed by atoms with Gasteiger partial charge in [-0.25, -0.2) is 9.78 Å². The van der Waals surface area contributed by atoms with Gasteiger partial charge < -0.3 is 16.2 Å². The molecule has 1 aromatic heterocycles. The number of thiazole rings is 1. The number of amides is 1. The lowest BCUT2D eigenvalue weighted by molar-refractivity contribution is -0.139. The van der Waals surface area contributed by atoms with Crippen LogP contribution in [0.1, 0.15) is 30.8 Å². The summed E-state index contributed by atoms with van der Waals surface area (Å²) >= 11 is 1.14. The van der Waals surface area contributed by atoms with E-state index in [1.807, 2.05) is 13.8 Å². The van der Waals surface area contributed by atoms with Crippen LogP contribution in [-0.4, -0.2) is 28.0 Å². The average molecular weight is 257 g/mol. The van der Waals surface area contributed by atoms with Crippen LogP contribution in [0.3, 0.4) is 0 Å². The fourth-order valence-corrected chi connectivity index (χ4v) is 1.86. The van der Waals surface area contributed by atoms with Crippen molar-refractivity contribution in [2.75, 3.05) is 5.73 Å². The van der Waals surface area contributed by atoms with Crippen LogP contribution in [0.4, 0.5) is 5.13 Å². The number of rotatable bonds is 5. The van der Waals surface area contributed by atoms with Gasteiger partial charge in [0.1, 0.15) is 11.7 Å². The maximum Gasteiger partial charge on any atom is 0.326 e. The number of carbonyl (C=O) groups is 2. The smallest absolute Gasteiger partial charge is 0.326 e. The Morgan fingerprint density at radius 2 is 2.24 bits per heavy atom. The van der Waals surface area contributed by atoms with E-state index in [1.54, 1.807) is 0 Å². The number of carboxylic acids is 1. The van der Waals surface area contributed by atoms with Crippen LogP contribution in [-0.2, 0) is 4.79 Å². The van der Waals surface area contributed by atoms with Gasteiger partial charge >= 0.3 is 5.97 Å². The molecule has 0 radical (unpaired) electrons. The number of anilines is 1. The van der Waals surface area contributed by atoms with E-state index in [2.05, 4.69) is 10.3 Å². The molecule has 1 rings (SSSR count). The number of nitrogens with zero attached hydrogens (tertiary/aromatic N) is 1. The van der Waals surface area contributed by atoms with Crippen molar-refractivity contribution in [3.05, 3.63) is 11.1 Å². The van der Waals surface area contributed by atoms with Crippen LogP contribution in [0.25, 0.3) is 0 Å². The summed E-state index contributed by atoms with van der Waals surface area (Å²) in [7, 11) is 0. The highest BCUT2D eigenvalue weighted by Crippen LogP contribution is 2.12. The van der Waals surface area contributed by atoms with Crippen molar-refractivity contribution in [1.82, 2.24) is 10.3 Å². The molecular formula is C10H15N3O3S. The van der Waals surface area contributed by atoms with Gasteiger partial charge in [-0.15, -0.1) is 11.3 Å². The van der Waals surface area contributed by atoms with Crippen molar-refractivity contribution in [2.24, 2.45) is 5.92 Å². The van der Waals surface area contributed by atoms with Gasteiger partial charge in [0, 0.05) is 5.38 Å². The summed E-state index contributed by atoms with van der Waals surface area (Å²) in [6.45, 7) is 3.78. The monoisotopic (exact) mass is 257 g/mol. The fourth-order valence-electron chi connectivity index (χ4n) is 1.32. The molecule has 0 aliphatic carbocycles. The van der Waals surface area contributed by atoms with Crippen LogP contribution in [0.5, 0.6) is 0 Å². The topological polar surface area (TPSA) is 105 Å². The minimum atomic E-state index is -1.05. The molecule has 94 valence electrons. The number of hydrogen-bond acceptors (Lipinski definition) is 5. The van der Waals surface area contributed by atoms with E-state index in [-0.39, 0.29) is 16.7 Å². The molecule has 1 heterocycles. The summed E-state index contributed by atoms with van der Waals surface area (Å²) in [6.07, 6.45) is 0.376. The summed E-state index contributed by atoms with van der Waals surface area (Å²) in [5.74, 6) is -1.38. The highest BCUT2D eigenvalue weighted by Gasteiger charge is 2.22. The first-order valence-corrected chi connectivity index (χ1v) is 6.02. The molecule has 0 spiro atoms. The number of nitrogens with two attached hydrogens (primary N) is 1. The zero-order chi connectivity index (χ0) is 13.0. The van der Waals surface area contributed by atoms with E-state index in [1.165, 1.54) is 5.38 Å². The molecule has 1 unspecified atom stereocenters. The van der Waals surface area contributed by atoms with E-state index >= 15 is 0 Å². The van der Waals surface area contributed by atoms with Gasteiger partial charge in [0.15, 0.2) is 5.13 Å². The number of nitrogen functional groups attached to an aromatic ring is 1. The summed E-state index contributed by atoms with van der Waals surface area (Å²) in [5, 5.41) is 13.2. The maximum atomic E-state index is 11.7. The molecular weight excluding hydrogens is 242 g/mol. The third kappa shape index (κ3) is 4.03. The molecule has 17 heavy (non-hydrogen) atoms. The fraction of sp³-hybridized carbons (Fsp3) is 0.500. The molecule has 0 fully saturated rings. The van der Waals surface area contributed by atoms with Gasteiger partial charge in [0.2, 0.25) is 0 Å². The van der Waals surface area contributed by atoms with Gasteiger partial charge in [-0.3, -0.25) is 4.79 Å². The Labute approximate surface area is 103 Å². The normalized spacial score (nSPS) is 12.4. The maximum absolute atomic E-state index is 11.7. The molecule has 1 amide bonds. The molecule has 0 bridgehead atoms. The van der Waals surface area contributed by atoms with Crippen LogP contribution >= 0.6 is 11.3 Å². The first kappa shape index (κ1) is 13.4. The number of carboxylic acid groups (broad SMARTS) is 1. The van der Waals surface area contributed by atoms with Crippen LogP contribution in [0.2, 0.25) is 0 Å². The summed E-state index contributed by atoms with van der Waals surface area (Å²) in [4.78, 5) is 26.4. The van der Waals surface area contributed by atoms with E-state index in [9.17, 15) is 9.59 Å². The Morgan fingerprint density at radius 3 is 2.65 bits per heavy atom. The molecule has 1 atom stereocenters. The molecule has 0 saturated heterocycles. The Balaban J connectivity index is 2.67. The van der Waals surface area contributed by atoms with Crippen LogP contribution in [0, 0.1) is 5.92 Å². The van der Waals surface area contributed by atoms with Gasteiger partial charge in [0.05, 0.1) is 0 Å². The molecule has 7 heteroatoms. The molecule has 6 nitrogen and oxygen atoms in total. The SMILES string of the molecule is CC(C)CC(NC(=O)c1csc(N)n1)C(=O)O.